The van der Waals surface area contributed by atoms with E-state index in [1.54, 1.807) is 11.9 Å². The third-order valence-electron chi connectivity index (χ3n) is 1.52. The highest BCUT2D eigenvalue weighted by atomic mass is 35.5. The Hall–Kier alpha value is -1.12. The van der Waals surface area contributed by atoms with Gasteiger partial charge in [0.2, 0.25) is 5.28 Å². The second-order valence-corrected chi connectivity index (χ2v) is 3.22. The van der Waals surface area contributed by atoms with Crippen molar-refractivity contribution >= 4 is 29.0 Å². The molecular weight excluding hydrogens is 225 g/mol. The molecule has 0 bridgehead atoms. The quantitative estimate of drug-likeness (QED) is 0.790. The average Bonchev–Trinajstić information content (AvgIpc) is 2.18. The number of halogens is 2. The number of rotatable bonds is 3. The Kier molecular flexibility index (Phi) is 3.86. The molecule has 5 nitrogen and oxygen atoms in total. The Morgan fingerprint density at radius 2 is 2.14 bits per heavy atom. The largest absolute Gasteiger partial charge is 0.356 e. The zero-order valence-electron chi connectivity index (χ0n) is 7.41. The van der Waals surface area contributed by atoms with Gasteiger partial charge in [0.25, 0.3) is 0 Å². The first-order chi connectivity index (χ1) is 6.65. The number of hydrogen-bond acceptors (Lipinski definition) is 5. The number of anilines is 1. The van der Waals surface area contributed by atoms with Gasteiger partial charge in [0.05, 0.1) is 12.5 Å². The second-order valence-electron chi connectivity index (χ2n) is 2.52. The van der Waals surface area contributed by atoms with Crippen LogP contribution in [0.1, 0.15) is 6.42 Å². The standard InChI is InChI=1S/C7H7Cl2N5/c1-14(4-2-3-10)6-5(8)12-13-7(9)11-6/h2,4H2,1H3. The Labute approximate surface area is 91.3 Å². The van der Waals surface area contributed by atoms with Crippen molar-refractivity contribution in [1.29, 1.82) is 5.26 Å². The lowest BCUT2D eigenvalue weighted by atomic mass is 10.4. The Morgan fingerprint density at radius 1 is 1.43 bits per heavy atom. The maximum absolute atomic E-state index is 8.40. The molecule has 1 aromatic heterocycles. The summed E-state index contributed by atoms with van der Waals surface area (Å²) < 4.78 is 0. The monoisotopic (exact) mass is 231 g/mol. The predicted octanol–water partition coefficient (Wildman–Crippen LogP) is 1.53. The van der Waals surface area contributed by atoms with Gasteiger partial charge < -0.3 is 4.90 Å². The van der Waals surface area contributed by atoms with Crippen LogP contribution in [0.25, 0.3) is 0 Å². The topological polar surface area (TPSA) is 65.7 Å². The van der Waals surface area contributed by atoms with Crippen molar-refractivity contribution in [2.75, 3.05) is 18.5 Å². The lowest BCUT2D eigenvalue weighted by Crippen LogP contribution is -2.20. The number of aromatic nitrogens is 3. The summed E-state index contributed by atoms with van der Waals surface area (Å²) in [5, 5.41) is 15.7. The van der Waals surface area contributed by atoms with Crippen LogP contribution in [0.4, 0.5) is 5.82 Å². The Morgan fingerprint density at radius 3 is 2.79 bits per heavy atom. The molecule has 1 aromatic rings. The minimum absolute atomic E-state index is 0.0354. The van der Waals surface area contributed by atoms with Gasteiger partial charge in [0, 0.05) is 13.6 Å². The third-order valence-corrected chi connectivity index (χ3v) is 1.93. The number of nitriles is 1. The molecule has 0 saturated heterocycles. The molecule has 0 aliphatic carbocycles. The smallest absolute Gasteiger partial charge is 0.245 e. The van der Waals surface area contributed by atoms with Crippen molar-refractivity contribution in [1.82, 2.24) is 15.2 Å². The van der Waals surface area contributed by atoms with Crippen molar-refractivity contribution < 1.29 is 0 Å². The van der Waals surface area contributed by atoms with Gasteiger partial charge in [-0.1, -0.05) is 11.6 Å². The van der Waals surface area contributed by atoms with E-state index in [-0.39, 0.29) is 10.4 Å². The maximum atomic E-state index is 8.40. The highest BCUT2D eigenvalue weighted by Gasteiger charge is 2.10. The number of hydrogen-bond donors (Lipinski definition) is 0. The van der Waals surface area contributed by atoms with Gasteiger partial charge in [0.15, 0.2) is 11.0 Å². The fourth-order valence-electron chi connectivity index (χ4n) is 0.852. The van der Waals surface area contributed by atoms with E-state index in [1.807, 2.05) is 6.07 Å². The van der Waals surface area contributed by atoms with Crippen molar-refractivity contribution in [2.45, 2.75) is 6.42 Å². The molecule has 0 aliphatic heterocycles. The van der Waals surface area contributed by atoms with Crippen LogP contribution < -0.4 is 4.90 Å². The minimum Gasteiger partial charge on any atom is -0.356 e. The maximum Gasteiger partial charge on any atom is 0.245 e. The zero-order chi connectivity index (χ0) is 10.6. The molecule has 0 spiro atoms. The van der Waals surface area contributed by atoms with Gasteiger partial charge in [0.1, 0.15) is 0 Å². The molecule has 74 valence electrons. The molecule has 0 aliphatic rings. The van der Waals surface area contributed by atoms with Crippen LogP contribution in [0, 0.1) is 11.3 Å². The lowest BCUT2D eigenvalue weighted by Gasteiger charge is -2.16. The van der Waals surface area contributed by atoms with E-state index in [2.05, 4.69) is 15.2 Å². The fourth-order valence-corrected chi connectivity index (χ4v) is 1.19. The molecule has 14 heavy (non-hydrogen) atoms. The van der Waals surface area contributed by atoms with E-state index in [9.17, 15) is 0 Å². The van der Waals surface area contributed by atoms with Gasteiger partial charge in [-0.25, -0.2) is 0 Å². The molecule has 0 fully saturated rings. The van der Waals surface area contributed by atoms with Gasteiger partial charge in [-0.15, -0.1) is 10.2 Å². The van der Waals surface area contributed by atoms with Crippen LogP contribution in [-0.4, -0.2) is 28.8 Å². The van der Waals surface area contributed by atoms with Crippen LogP contribution in [0.3, 0.4) is 0 Å². The molecule has 0 unspecified atom stereocenters. The summed E-state index contributed by atoms with van der Waals surface area (Å²) in [5.41, 5.74) is 0. The molecular formula is C7H7Cl2N5. The molecule has 0 N–H and O–H groups in total. The molecule has 0 saturated carbocycles. The van der Waals surface area contributed by atoms with E-state index in [0.29, 0.717) is 18.8 Å². The normalized spacial score (nSPS) is 9.57. The zero-order valence-corrected chi connectivity index (χ0v) is 8.92. The van der Waals surface area contributed by atoms with Crippen molar-refractivity contribution in [2.24, 2.45) is 0 Å². The summed E-state index contributed by atoms with van der Waals surface area (Å²) in [7, 11) is 1.75. The minimum atomic E-state index is 0.0354. The van der Waals surface area contributed by atoms with Gasteiger partial charge in [-0.05, 0) is 11.6 Å². The predicted molar refractivity (Wildman–Crippen MR) is 53.3 cm³/mol. The van der Waals surface area contributed by atoms with Crippen LogP contribution in [0.15, 0.2) is 0 Å². The van der Waals surface area contributed by atoms with E-state index in [1.165, 1.54) is 0 Å². The summed E-state index contributed by atoms with van der Waals surface area (Å²) >= 11 is 11.3. The fraction of sp³-hybridized carbons (Fsp3) is 0.429. The summed E-state index contributed by atoms with van der Waals surface area (Å²) in [6.07, 6.45) is 0.383. The molecule has 0 amide bonds. The SMILES string of the molecule is CN(CCC#N)c1nc(Cl)nnc1Cl. The first-order valence-electron chi connectivity index (χ1n) is 3.79. The second kappa shape index (κ2) is 4.94. The Balaban J connectivity index is 2.83. The summed E-state index contributed by atoms with van der Waals surface area (Å²) in [6.45, 7) is 0.519. The summed E-state index contributed by atoms with van der Waals surface area (Å²) in [4.78, 5) is 5.60. The molecule has 0 aromatic carbocycles. The molecule has 1 heterocycles. The summed E-state index contributed by atoms with van der Waals surface area (Å²) in [5.74, 6) is 0.432. The van der Waals surface area contributed by atoms with Gasteiger partial charge >= 0.3 is 0 Å². The van der Waals surface area contributed by atoms with Gasteiger partial charge in [-0.3, -0.25) is 0 Å². The van der Waals surface area contributed by atoms with Crippen LogP contribution >= 0.6 is 23.2 Å². The van der Waals surface area contributed by atoms with Crippen molar-refractivity contribution in [3.8, 4) is 6.07 Å². The molecule has 1 rings (SSSR count). The third kappa shape index (κ3) is 2.69. The average molecular weight is 232 g/mol. The summed E-state index contributed by atoms with van der Waals surface area (Å²) in [6, 6.07) is 2.02. The van der Waals surface area contributed by atoms with Crippen LogP contribution in [-0.2, 0) is 0 Å². The first kappa shape index (κ1) is 11.0. The van der Waals surface area contributed by atoms with Crippen molar-refractivity contribution in [3.05, 3.63) is 10.4 Å². The molecule has 7 heteroatoms. The van der Waals surface area contributed by atoms with Crippen LogP contribution in [0.2, 0.25) is 10.4 Å². The first-order valence-corrected chi connectivity index (χ1v) is 4.54. The van der Waals surface area contributed by atoms with E-state index >= 15 is 0 Å². The Bertz CT molecular complexity index is 362. The van der Waals surface area contributed by atoms with Gasteiger partial charge in [-0.2, -0.15) is 10.2 Å². The van der Waals surface area contributed by atoms with E-state index < -0.39 is 0 Å². The van der Waals surface area contributed by atoms with Crippen molar-refractivity contribution in [3.63, 3.8) is 0 Å². The van der Waals surface area contributed by atoms with Crippen LogP contribution in [0.5, 0.6) is 0 Å². The molecule has 0 atom stereocenters. The van der Waals surface area contributed by atoms with E-state index in [0.717, 1.165) is 0 Å². The van der Waals surface area contributed by atoms with E-state index in [4.69, 9.17) is 28.5 Å². The lowest BCUT2D eigenvalue weighted by molar-refractivity contribution is 0.856. The number of nitrogens with zero attached hydrogens (tertiary/aromatic N) is 5. The highest BCUT2D eigenvalue weighted by molar-refractivity contribution is 6.32. The highest BCUT2D eigenvalue weighted by Crippen LogP contribution is 2.19. The molecule has 0 radical (unpaired) electrons.